The van der Waals surface area contributed by atoms with Crippen LogP contribution < -0.4 is 21.3 Å². The van der Waals surface area contributed by atoms with E-state index in [-0.39, 0.29) is 61.3 Å². The van der Waals surface area contributed by atoms with E-state index in [9.17, 15) is 38.4 Å². The molecule has 0 unspecified atom stereocenters. The molecule has 1 aliphatic heterocycles. The lowest BCUT2D eigenvalue weighted by Gasteiger charge is -2.37. The summed E-state index contributed by atoms with van der Waals surface area (Å²) in [7, 11) is 2.33. The van der Waals surface area contributed by atoms with E-state index in [0.29, 0.717) is 13.0 Å². The van der Waals surface area contributed by atoms with Gasteiger partial charge in [-0.05, 0) is 68.1 Å². The number of methoxy groups -OCH3 is 2. The molecule has 1 saturated heterocycles. The molecule has 0 aromatic heterocycles. The average molecular weight is 774 g/mol. The first kappa shape index (κ1) is 43.7. The fraction of sp³-hybridized carbons (Fsp3) is 0.800. The Balaban J connectivity index is 1.57. The topological polar surface area (TPSA) is 206 Å². The van der Waals surface area contributed by atoms with E-state index in [4.69, 9.17) is 4.74 Å². The summed E-state index contributed by atoms with van der Waals surface area (Å²) in [6.45, 7) is 7.62. The number of Topliss-reactive ketones (excluding diaryl/α,β-unsaturated/α-hetero) is 3. The maximum absolute atomic E-state index is 14.8. The van der Waals surface area contributed by atoms with Gasteiger partial charge in [-0.3, -0.25) is 28.8 Å². The van der Waals surface area contributed by atoms with Crippen molar-refractivity contribution < 1.29 is 47.8 Å². The Kier molecular flexibility index (Phi) is 15.7. The number of rotatable bonds is 18. The molecule has 1 heterocycles. The van der Waals surface area contributed by atoms with Gasteiger partial charge in [-0.1, -0.05) is 59.8 Å². The van der Waals surface area contributed by atoms with Crippen LogP contribution in [-0.4, -0.2) is 104 Å². The summed E-state index contributed by atoms with van der Waals surface area (Å²) in [6.07, 6.45) is 7.29. The van der Waals surface area contributed by atoms with Crippen molar-refractivity contribution in [1.29, 1.82) is 0 Å². The molecule has 0 aromatic rings. The summed E-state index contributed by atoms with van der Waals surface area (Å²) in [5.74, 6) is -4.53. The highest BCUT2D eigenvalue weighted by molar-refractivity contribution is 6.38. The maximum atomic E-state index is 14.8. The third kappa shape index (κ3) is 11.7. The molecule has 4 fully saturated rings. The predicted octanol–water partition coefficient (Wildman–Crippen LogP) is 3.60. The lowest BCUT2D eigenvalue weighted by molar-refractivity contribution is -0.148. The Labute approximate surface area is 324 Å². The van der Waals surface area contributed by atoms with E-state index in [0.717, 1.165) is 71.3 Å². The fourth-order valence-corrected chi connectivity index (χ4v) is 8.78. The van der Waals surface area contributed by atoms with Crippen molar-refractivity contribution in [2.75, 3.05) is 27.3 Å². The van der Waals surface area contributed by atoms with Crippen LogP contribution in [0.3, 0.4) is 0 Å². The van der Waals surface area contributed by atoms with Crippen molar-refractivity contribution in [1.82, 2.24) is 26.2 Å². The normalized spacial score (nSPS) is 23.3. The Hall–Kier alpha value is -4.04. The summed E-state index contributed by atoms with van der Waals surface area (Å²) < 4.78 is 9.33. The van der Waals surface area contributed by atoms with E-state index in [1.807, 2.05) is 27.7 Å². The largest absolute Gasteiger partial charge is 0.453 e. The highest BCUT2D eigenvalue weighted by Crippen LogP contribution is 2.45. The minimum atomic E-state index is -1.18. The minimum Gasteiger partial charge on any atom is -0.453 e. The number of nitrogens with one attached hydrogen (secondary N) is 4. The first-order valence-electron chi connectivity index (χ1n) is 20.3. The summed E-state index contributed by atoms with van der Waals surface area (Å²) in [6, 6.07) is -3.05. The van der Waals surface area contributed by atoms with Crippen molar-refractivity contribution in [3.8, 4) is 0 Å². The second-order valence-corrected chi connectivity index (χ2v) is 17.1. The van der Waals surface area contributed by atoms with Crippen molar-refractivity contribution in [2.45, 2.75) is 142 Å². The number of fused-ring (bicyclic) bond motifs is 1. The number of carbonyl (C=O) groups is 8. The predicted molar refractivity (Wildman–Crippen MR) is 201 cm³/mol. The van der Waals surface area contributed by atoms with Gasteiger partial charge in [0.25, 0.3) is 5.91 Å². The Morgan fingerprint density at radius 3 is 2.04 bits per heavy atom. The molecule has 0 spiro atoms. The van der Waals surface area contributed by atoms with Gasteiger partial charge in [-0.15, -0.1) is 0 Å². The second kappa shape index (κ2) is 19.7. The van der Waals surface area contributed by atoms with E-state index in [2.05, 4.69) is 26.0 Å². The minimum absolute atomic E-state index is 0.00831. The van der Waals surface area contributed by atoms with Crippen LogP contribution in [0.25, 0.3) is 0 Å². The van der Waals surface area contributed by atoms with Crippen molar-refractivity contribution >= 4 is 47.3 Å². The number of hydrogen-bond donors (Lipinski definition) is 4. The first-order valence-corrected chi connectivity index (χ1v) is 20.3. The zero-order chi connectivity index (χ0) is 40.4. The van der Waals surface area contributed by atoms with Crippen LogP contribution in [0.2, 0.25) is 0 Å². The number of ketones is 3. The van der Waals surface area contributed by atoms with Crippen molar-refractivity contribution in [2.24, 2.45) is 35.0 Å². The molecule has 4 aliphatic rings. The van der Waals surface area contributed by atoms with Gasteiger partial charge in [0.1, 0.15) is 17.9 Å². The Morgan fingerprint density at radius 2 is 1.44 bits per heavy atom. The average Bonchev–Trinajstić information content (AvgIpc) is 3.72. The molecule has 0 radical (unpaired) electrons. The zero-order valence-corrected chi connectivity index (χ0v) is 33.5. The van der Waals surface area contributed by atoms with Gasteiger partial charge in [-0.2, -0.15) is 0 Å². The van der Waals surface area contributed by atoms with Crippen LogP contribution in [0, 0.1) is 35.0 Å². The number of ether oxygens (including phenoxy) is 2. The summed E-state index contributed by atoms with van der Waals surface area (Å²) in [5, 5.41) is 10.5. The number of likely N-dealkylation sites (tertiary alicyclic amines) is 1. The molecule has 0 aromatic carbocycles. The van der Waals surface area contributed by atoms with Crippen LogP contribution in [0.4, 0.5) is 9.59 Å². The summed E-state index contributed by atoms with van der Waals surface area (Å²) in [4.78, 5) is 109. The molecule has 15 heteroatoms. The molecule has 55 heavy (non-hydrogen) atoms. The molecule has 0 bridgehead atoms. The molecule has 4 N–H and O–H groups in total. The van der Waals surface area contributed by atoms with E-state index < -0.39 is 70.9 Å². The standard InChI is InChI=1S/C40H63N5O10/c1-7-12-29(34(48)36(50)42-25-17-18-25)43-35(49)33-26-16-11-15-24(26)22-45(33)37(51)28(40(2,3)4)20-31(46)27(23-13-9-8-10-14-23)19-32(47)30(44-39(53)55-6)21-41-38(52)54-5/h23-30,33H,7-22H2,1-6H3,(H,41,52)(H,42,50)(H,43,49)(H,44,53)/t24-,26-,27-,28+,29-,30-,33-/m0/s1. The molecule has 7 atom stereocenters. The van der Waals surface area contributed by atoms with Gasteiger partial charge in [0.05, 0.1) is 20.3 Å². The Bertz CT molecular complexity index is 1440. The smallest absolute Gasteiger partial charge is 0.407 e. The fourth-order valence-electron chi connectivity index (χ4n) is 8.78. The number of alkyl carbamates (subject to hydrolysis) is 2. The van der Waals surface area contributed by atoms with E-state index in [1.165, 1.54) is 7.11 Å². The number of nitrogens with zero attached hydrogens (tertiary/aromatic N) is 1. The van der Waals surface area contributed by atoms with Crippen LogP contribution in [-0.2, 0) is 38.2 Å². The molecule has 15 nitrogen and oxygen atoms in total. The molecule has 4 rings (SSSR count). The van der Waals surface area contributed by atoms with Crippen LogP contribution in [0.1, 0.15) is 118 Å². The molecular formula is C40H63N5O10. The highest BCUT2D eigenvalue weighted by atomic mass is 16.5. The lowest BCUT2D eigenvalue weighted by atomic mass is 9.70. The van der Waals surface area contributed by atoms with E-state index in [1.54, 1.807) is 4.90 Å². The molecule has 3 saturated carbocycles. The van der Waals surface area contributed by atoms with Gasteiger partial charge in [0.2, 0.25) is 17.6 Å². The van der Waals surface area contributed by atoms with Gasteiger partial charge in [0, 0.05) is 43.8 Å². The number of amides is 5. The summed E-state index contributed by atoms with van der Waals surface area (Å²) >= 11 is 0. The SMILES string of the molecule is CCC[C@H](NC(=O)[C@@H]1[C@H]2CCC[C@H]2CN1C(=O)[C@@H](CC(=O)[C@@H](CC(=O)[C@H](CNC(=O)OC)NC(=O)OC)C1CCCCC1)C(C)(C)C)C(=O)C(=O)NC1CC1. The lowest BCUT2D eigenvalue weighted by Crippen LogP contribution is -2.56. The number of hydrogen-bond acceptors (Lipinski definition) is 10. The molecule has 3 aliphatic carbocycles. The zero-order valence-electron chi connectivity index (χ0n) is 33.5. The van der Waals surface area contributed by atoms with Crippen molar-refractivity contribution in [3.63, 3.8) is 0 Å². The number of carbonyl (C=O) groups excluding carboxylic acids is 8. The molecule has 5 amide bonds. The maximum Gasteiger partial charge on any atom is 0.407 e. The second-order valence-electron chi connectivity index (χ2n) is 17.1. The van der Waals surface area contributed by atoms with Gasteiger partial charge < -0.3 is 35.6 Å². The van der Waals surface area contributed by atoms with Crippen LogP contribution >= 0.6 is 0 Å². The molecule has 308 valence electrons. The van der Waals surface area contributed by atoms with Crippen molar-refractivity contribution in [3.05, 3.63) is 0 Å². The van der Waals surface area contributed by atoms with E-state index >= 15 is 0 Å². The third-order valence-electron chi connectivity index (χ3n) is 12.1. The van der Waals surface area contributed by atoms with Gasteiger partial charge in [-0.25, -0.2) is 9.59 Å². The van der Waals surface area contributed by atoms with Gasteiger partial charge in [0.15, 0.2) is 5.78 Å². The van der Waals surface area contributed by atoms with Crippen LogP contribution in [0.5, 0.6) is 0 Å². The van der Waals surface area contributed by atoms with Gasteiger partial charge >= 0.3 is 12.2 Å². The third-order valence-corrected chi connectivity index (χ3v) is 12.1. The summed E-state index contributed by atoms with van der Waals surface area (Å²) in [5.41, 5.74) is -0.701. The highest BCUT2D eigenvalue weighted by Gasteiger charge is 2.52. The Morgan fingerprint density at radius 1 is 0.764 bits per heavy atom. The first-order chi connectivity index (χ1) is 26.1. The quantitative estimate of drug-likeness (QED) is 0.149. The molecular weight excluding hydrogens is 710 g/mol. The monoisotopic (exact) mass is 773 g/mol. The van der Waals surface area contributed by atoms with Crippen LogP contribution in [0.15, 0.2) is 0 Å².